The van der Waals surface area contributed by atoms with E-state index in [1.165, 1.54) is 12.1 Å². The number of hydrogen-bond donors (Lipinski definition) is 2. The molecule has 0 bridgehead atoms. The predicted octanol–water partition coefficient (Wildman–Crippen LogP) is 2.18. The molecule has 30 heavy (non-hydrogen) atoms. The Labute approximate surface area is 179 Å². The number of esters is 1. The molecule has 1 atom stereocenters. The van der Waals surface area contributed by atoms with E-state index in [0.29, 0.717) is 37.9 Å². The second kappa shape index (κ2) is 9.31. The molecule has 0 radical (unpaired) electrons. The van der Waals surface area contributed by atoms with Gasteiger partial charge in [0.05, 0.1) is 12.5 Å². The highest BCUT2D eigenvalue weighted by Gasteiger charge is 2.53. The summed E-state index contributed by atoms with van der Waals surface area (Å²) in [6.07, 6.45) is 2.44. The third-order valence-corrected chi connectivity index (χ3v) is 6.06. The highest BCUT2D eigenvalue weighted by molar-refractivity contribution is 6.30. The molecular weight excluding hydrogens is 415 g/mol. The van der Waals surface area contributed by atoms with Gasteiger partial charge in [0, 0.05) is 30.6 Å². The molecule has 2 amide bonds. The fourth-order valence-corrected chi connectivity index (χ4v) is 4.46. The molecule has 7 nitrogen and oxygen atoms in total. The maximum atomic E-state index is 13.4. The molecule has 1 saturated carbocycles. The van der Waals surface area contributed by atoms with Gasteiger partial charge in [0.15, 0.2) is 0 Å². The number of carbonyl (C=O) groups excluding carboxylic acids is 3. The number of rotatable bonds is 6. The smallest absolute Gasteiger partial charge is 0.308 e. The van der Waals surface area contributed by atoms with Crippen molar-refractivity contribution in [2.24, 2.45) is 5.92 Å². The first-order valence-corrected chi connectivity index (χ1v) is 10.6. The molecule has 164 valence electrons. The lowest BCUT2D eigenvalue weighted by atomic mass is 9.85. The molecule has 1 aromatic rings. The zero-order chi connectivity index (χ0) is 21.9. The summed E-state index contributed by atoms with van der Waals surface area (Å²) in [5.74, 6) is -2.35. The number of carbonyl (C=O) groups is 3. The topological polar surface area (TPSA) is 95.9 Å². The van der Waals surface area contributed by atoms with Crippen molar-refractivity contribution in [1.82, 2.24) is 10.2 Å². The van der Waals surface area contributed by atoms with E-state index in [2.05, 4.69) is 5.32 Å². The Morgan fingerprint density at radius 2 is 2.00 bits per heavy atom. The normalized spacial score (nSPS) is 26.5. The number of halogens is 2. The molecule has 1 aliphatic heterocycles. The van der Waals surface area contributed by atoms with Gasteiger partial charge in [-0.1, -0.05) is 11.6 Å². The lowest BCUT2D eigenvalue weighted by molar-refractivity contribution is -0.156. The summed E-state index contributed by atoms with van der Waals surface area (Å²) in [5, 5.41) is 13.4. The average molecular weight is 441 g/mol. The first-order chi connectivity index (χ1) is 14.2. The molecule has 3 rings (SSSR count). The molecule has 9 heteroatoms. The molecule has 1 aromatic carbocycles. The van der Waals surface area contributed by atoms with E-state index in [1.54, 1.807) is 11.8 Å². The maximum absolute atomic E-state index is 13.4. The van der Waals surface area contributed by atoms with E-state index in [-0.39, 0.29) is 42.5 Å². The molecule has 1 aliphatic carbocycles. The van der Waals surface area contributed by atoms with Crippen LogP contribution >= 0.6 is 11.6 Å². The standard InChI is InChI=1S/C21H26ClFN2O5/c1-2-30-18(26)14-3-5-17(6-4-14)25-8-7-21(29,20(25)28)19(27)24-12-13-9-15(22)11-16(23)10-13/h9-11,14,17,29H,2-8,12H2,1H3,(H,24,27)/t14-,17-,21?. The van der Waals surface area contributed by atoms with Crippen molar-refractivity contribution >= 4 is 29.4 Å². The Balaban J connectivity index is 1.57. The Morgan fingerprint density at radius 3 is 2.63 bits per heavy atom. The summed E-state index contributed by atoms with van der Waals surface area (Å²) in [5.41, 5.74) is -1.72. The fraction of sp³-hybridized carbons (Fsp3) is 0.571. The van der Waals surface area contributed by atoms with Crippen LogP contribution < -0.4 is 5.32 Å². The molecule has 2 aliphatic rings. The van der Waals surface area contributed by atoms with Crippen LogP contribution in [0.4, 0.5) is 4.39 Å². The first kappa shape index (κ1) is 22.5. The van der Waals surface area contributed by atoms with Gasteiger partial charge in [0.1, 0.15) is 5.82 Å². The van der Waals surface area contributed by atoms with Gasteiger partial charge in [-0.2, -0.15) is 0 Å². The van der Waals surface area contributed by atoms with E-state index in [0.717, 1.165) is 6.07 Å². The third kappa shape index (κ3) is 4.75. The van der Waals surface area contributed by atoms with Crippen molar-refractivity contribution in [3.63, 3.8) is 0 Å². The minimum Gasteiger partial charge on any atom is -0.466 e. The van der Waals surface area contributed by atoms with Crippen molar-refractivity contribution in [2.75, 3.05) is 13.2 Å². The molecule has 1 saturated heterocycles. The Hall–Kier alpha value is -2.19. The predicted molar refractivity (Wildman–Crippen MR) is 107 cm³/mol. The van der Waals surface area contributed by atoms with Gasteiger partial charge in [-0.25, -0.2) is 4.39 Å². The van der Waals surface area contributed by atoms with Crippen LogP contribution in [0, 0.1) is 11.7 Å². The molecule has 2 N–H and O–H groups in total. The highest BCUT2D eigenvalue weighted by atomic mass is 35.5. The monoisotopic (exact) mass is 440 g/mol. The summed E-state index contributed by atoms with van der Waals surface area (Å²) in [6, 6.07) is 3.75. The Kier molecular flexibility index (Phi) is 6.98. The van der Waals surface area contributed by atoms with Crippen LogP contribution in [0.2, 0.25) is 5.02 Å². The number of ether oxygens (including phenoxy) is 1. The SMILES string of the molecule is CCOC(=O)[C@H]1CC[C@H](N2CCC(O)(C(=O)NCc3cc(F)cc(Cl)c3)C2=O)CC1. The second-order valence-electron chi connectivity index (χ2n) is 7.83. The number of benzene rings is 1. The fourth-order valence-electron chi connectivity index (χ4n) is 4.21. The van der Waals surface area contributed by atoms with Gasteiger partial charge >= 0.3 is 5.97 Å². The molecule has 1 unspecified atom stereocenters. The molecule has 2 fully saturated rings. The second-order valence-corrected chi connectivity index (χ2v) is 8.26. The maximum Gasteiger partial charge on any atom is 0.308 e. The first-order valence-electron chi connectivity index (χ1n) is 10.2. The third-order valence-electron chi connectivity index (χ3n) is 5.84. The average Bonchev–Trinajstić information content (AvgIpc) is 3.01. The van der Waals surface area contributed by atoms with Crippen molar-refractivity contribution in [3.8, 4) is 0 Å². The van der Waals surface area contributed by atoms with Crippen LogP contribution in [-0.4, -0.2) is 52.6 Å². The molecule has 0 spiro atoms. The van der Waals surface area contributed by atoms with Gasteiger partial charge in [-0.15, -0.1) is 0 Å². The van der Waals surface area contributed by atoms with Gasteiger partial charge in [0.2, 0.25) is 5.60 Å². The van der Waals surface area contributed by atoms with Crippen LogP contribution in [-0.2, 0) is 25.7 Å². The molecule has 1 heterocycles. The number of nitrogens with one attached hydrogen (secondary N) is 1. The van der Waals surface area contributed by atoms with E-state index in [1.807, 2.05) is 0 Å². The number of hydrogen-bond acceptors (Lipinski definition) is 5. The summed E-state index contributed by atoms with van der Waals surface area (Å²) >= 11 is 5.80. The van der Waals surface area contributed by atoms with Crippen molar-refractivity contribution in [1.29, 1.82) is 0 Å². The van der Waals surface area contributed by atoms with Gasteiger partial charge in [-0.3, -0.25) is 14.4 Å². The van der Waals surface area contributed by atoms with Crippen molar-refractivity contribution < 1.29 is 28.6 Å². The van der Waals surface area contributed by atoms with Crippen LogP contribution in [0.25, 0.3) is 0 Å². The van der Waals surface area contributed by atoms with E-state index in [9.17, 15) is 23.9 Å². The number of nitrogens with zero attached hydrogens (tertiary/aromatic N) is 1. The summed E-state index contributed by atoms with van der Waals surface area (Å²) in [6.45, 7) is 2.31. The summed E-state index contributed by atoms with van der Waals surface area (Å²) < 4.78 is 18.5. The van der Waals surface area contributed by atoms with Crippen molar-refractivity contribution in [3.05, 3.63) is 34.6 Å². The van der Waals surface area contributed by atoms with E-state index < -0.39 is 23.2 Å². The number of likely N-dealkylation sites (tertiary alicyclic amines) is 1. The van der Waals surface area contributed by atoms with E-state index in [4.69, 9.17) is 16.3 Å². The van der Waals surface area contributed by atoms with Crippen molar-refractivity contribution in [2.45, 2.75) is 57.2 Å². The van der Waals surface area contributed by atoms with E-state index >= 15 is 0 Å². The lowest BCUT2D eigenvalue weighted by Crippen LogP contribution is -2.54. The zero-order valence-electron chi connectivity index (χ0n) is 16.8. The van der Waals surface area contributed by atoms with Crippen LogP contribution in [0.5, 0.6) is 0 Å². The Morgan fingerprint density at radius 1 is 1.30 bits per heavy atom. The summed E-state index contributed by atoms with van der Waals surface area (Å²) in [7, 11) is 0. The minimum atomic E-state index is -2.14. The van der Waals surface area contributed by atoms with Gasteiger partial charge < -0.3 is 20.1 Å². The van der Waals surface area contributed by atoms with Crippen LogP contribution in [0.15, 0.2) is 18.2 Å². The number of aliphatic hydroxyl groups is 1. The highest BCUT2D eigenvalue weighted by Crippen LogP contribution is 2.33. The summed E-state index contributed by atoms with van der Waals surface area (Å²) in [4.78, 5) is 38.8. The molecular formula is C21H26ClFN2O5. The van der Waals surface area contributed by atoms with Crippen LogP contribution in [0.1, 0.15) is 44.6 Å². The van der Waals surface area contributed by atoms with Gasteiger partial charge in [0.25, 0.3) is 11.8 Å². The number of amides is 2. The Bertz CT molecular complexity index is 807. The molecule has 0 aromatic heterocycles. The lowest BCUT2D eigenvalue weighted by Gasteiger charge is -2.34. The van der Waals surface area contributed by atoms with Crippen LogP contribution in [0.3, 0.4) is 0 Å². The minimum absolute atomic E-state index is 0.0145. The zero-order valence-corrected chi connectivity index (χ0v) is 17.6. The quantitative estimate of drug-likeness (QED) is 0.522. The van der Waals surface area contributed by atoms with Gasteiger partial charge in [-0.05, 0) is 56.4 Å². The largest absolute Gasteiger partial charge is 0.466 e.